The molecule has 0 amide bonds. The molecule has 0 unspecified atom stereocenters. The van der Waals surface area contributed by atoms with E-state index in [1.165, 1.54) is 5.56 Å². The third-order valence-electron chi connectivity index (χ3n) is 2.78. The molecule has 1 aromatic carbocycles. The fourth-order valence-corrected chi connectivity index (χ4v) is 1.77. The van der Waals surface area contributed by atoms with Gasteiger partial charge in [0.15, 0.2) is 0 Å². The molecule has 0 radical (unpaired) electrons. The number of aryl methyl sites for hydroxylation is 1. The smallest absolute Gasteiger partial charge is 0.133 e. The van der Waals surface area contributed by atoms with Gasteiger partial charge < -0.3 is 5.11 Å². The Morgan fingerprint density at radius 2 is 1.82 bits per heavy atom. The van der Waals surface area contributed by atoms with Crippen LogP contribution in [0.15, 0.2) is 30.3 Å². The van der Waals surface area contributed by atoms with Gasteiger partial charge in [0.2, 0.25) is 0 Å². The van der Waals surface area contributed by atoms with Gasteiger partial charge in [-0.05, 0) is 38.7 Å². The van der Waals surface area contributed by atoms with E-state index in [1.54, 1.807) is 13.8 Å². The van der Waals surface area contributed by atoms with Crippen LogP contribution in [0.2, 0.25) is 0 Å². The van der Waals surface area contributed by atoms with Crippen LogP contribution in [0.4, 0.5) is 0 Å². The van der Waals surface area contributed by atoms with Gasteiger partial charge in [-0.2, -0.15) is 0 Å². The van der Waals surface area contributed by atoms with Crippen LogP contribution in [0.5, 0.6) is 0 Å². The van der Waals surface area contributed by atoms with Crippen molar-refractivity contribution in [2.75, 3.05) is 0 Å². The number of rotatable bonds is 7. The fraction of sp³-hybridized carbons (Fsp3) is 0.533. The molecule has 1 rings (SSSR count). The Morgan fingerprint density at radius 3 is 2.41 bits per heavy atom. The van der Waals surface area contributed by atoms with E-state index < -0.39 is 5.60 Å². The number of ketones is 1. The molecule has 0 heterocycles. The van der Waals surface area contributed by atoms with E-state index >= 15 is 0 Å². The second kappa shape index (κ2) is 6.55. The molecule has 0 aromatic heterocycles. The zero-order valence-corrected chi connectivity index (χ0v) is 10.8. The molecule has 17 heavy (non-hydrogen) atoms. The maximum Gasteiger partial charge on any atom is 0.133 e. The van der Waals surface area contributed by atoms with Crippen molar-refractivity contribution in [1.29, 1.82) is 0 Å². The molecule has 0 saturated carbocycles. The quantitative estimate of drug-likeness (QED) is 0.787. The van der Waals surface area contributed by atoms with Crippen molar-refractivity contribution in [3.63, 3.8) is 0 Å². The summed E-state index contributed by atoms with van der Waals surface area (Å²) in [6.45, 7) is 3.56. The first-order valence-electron chi connectivity index (χ1n) is 6.25. The van der Waals surface area contributed by atoms with Gasteiger partial charge in [-0.3, -0.25) is 4.79 Å². The van der Waals surface area contributed by atoms with Crippen molar-refractivity contribution in [2.24, 2.45) is 0 Å². The lowest BCUT2D eigenvalue weighted by atomic mass is 9.98. The highest BCUT2D eigenvalue weighted by Gasteiger charge is 2.12. The monoisotopic (exact) mass is 234 g/mol. The molecule has 2 nitrogen and oxygen atoms in total. The van der Waals surface area contributed by atoms with Gasteiger partial charge in [0.1, 0.15) is 5.78 Å². The van der Waals surface area contributed by atoms with Crippen LogP contribution < -0.4 is 0 Å². The normalized spacial score (nSPS) is 11.5. The van der Waals surface area contributed by atoms with Crippen molar-refractivity contribution in [3.05, 3.63) is 35.9 Å². The van der Waals surface area contributed by atoms with Crippen LogP contribution in [0.1, 0.15) is 45.1 Å². The van der Waals surface area contributed by atoms with E-state index in [0.717, 1.165) is 12.8 Å². The minimum atomic E-state index is -0.653. The molecule has 1 N–H and O–H groups in total. The van der Waals surface area contributed by atoms with E-state index in [1.807, 2.05) is 30.3 Å². The Kier molecular flexibility index (Phi) is 5.36. The second-order valence-electron chi connectivity index (χ2n) is 5.19. The molecule has 0 aliphatic rings. The molecular formula is C15H22O2. The van der Waals surface area contributed by atoms with E-state index in [9.17, 15) is 9.90 Å². The number of carbonyl (C=O) groups excluding carboxylic acids is 1. The summed E-state index contributed by atoms with van der Waals surface area (Å²) in [4.78, 5) is 11.6. The Balaban J connectivity index is 2.18. The SMILES string of the molecule is CC(C)(O)CCCC(=O)CCc1ccccc1. The Labute approximate surface area is 104 Å². The summed E-state index contributed by atoms with van der Waals surface area (Å²) in [6.07, 6.45) is 3.47. The molecular weight excluding hydrogens is 212 g/mol. The predicted octanol–water partition coefficient (Wildman–Crippen LogP) is 3.13. The maximum atomic E-state index is 11.6. The van der Waals surface area contributed by atoms with Gasteiger partial charge in [-0.15, -0.1) is 0 Å². The average molecular weight is 234 g/mol. The van der Waals surface area contributed by atoms with Gasteiger partial charge in [-0.25, -0.2) is 0 Å². The summed E-state index contributed by atoms with van der Waals surface area (Å²) >= 11 is 0. The molecule has 0 atom stereocenters. The Hall–Kier alpha value is -1.15. The number of aliphatic hydroxyl groups is 1. The summed E-state index contributed by atoms with van der Waals surface area (Å²) in [7, 11) is 0. The van der Waals surface area contributed by atoms with Crippen LogP contribution in [0.25, 0.3) is 0 Å². The minimum Gasteiger partial charge on any atom is -0.390 e. The Bertz CT molecular complexity index is 336. The summed E-state index contributed by atoms with van der Waals surface area (Å²) in [6, 6.07) is 10.1. The maximum absolute atomic E-state index is 11.6. The first kappa shape index (κ1) is 13.9. The van der Waals surface area contributed by atoms with Crippen LogP contribution in [0.3, 0.4) is 0 Å². The van der Waals surface area contributed by atoms with E-state index in [-0.39, 0.29) is 5.78 Å². The lowest BCUT2D eigenvalue weighted by Crippen LogP contribution is -2.18. The minimum absolute atomic E-state index is 0.290. The highest BCUT2D eigenvalue weighted by atomic mass is 16.3. The molecule has 2 heteroatoms. The number of hydrogen-bond acceptors (Lipinski definition) is 2. The standard InChI is InChI=1S/C15H22O2/c1-15(2,17)12-6-9-14(16)11-10-13-7-4-3-5-8-13/h3-5,7-8,17H,6,9-12H2,1-2H3. The molecule has 0 aliphatic heterocycles. The third-order valence-corrected chi connectivity index (χ3v) is 2.78. The molecule has 0 spiro atoms. The fourth-order valence-electron chi connectivity index (χ4n) is 1.77. The first-order valence-corrected chi connectivity index (χ1v) is 6.25. The van der Waals surface area contributed by atoms with Crippen molar-refractivity contribution in [1.82, 2.24) is 0 Å². The topological polar surface area (TPSA) is 37.3 Å². The first-order chi connectivity index (χ1) is 7.97. The largest absolute Gasteiger partial charge is 0.390 e. The van der Waals surface area contributed by atoms with Crippen LogP contribution in [-0.4, -0.2) is 16.5 Å². The van der Waals surface area contributed by atoms with Gasteiger partial charge in [0, 0.05) is 12.8 Å². The van der Waals surface area contributed by atoms with Gasteiger partial charge in [0.05, 0.1) is 5.60 Å². The number of carbonyl (C=O) groups is 1. The highest BCUT2D eigenvalue weighted by molar-refractivity contribution is 5.78. The third kappa shape index (κ3) is 6.90. The predicted molar refractivity (Wildman–Crippen MR) is 69.9 cm³/mol. The summed E-state index contributed by atoms with van der Waals surface area (Å²) in [5, 5.41) is 9.53. The average Bonchev–Trinajstić information content (AvgIpc) is 2.26. The molecule has 0 bridgehead atoms. The molecule has 0 saturated heterocycles. The van der Waals surface area contributed by atoms with Gasteiger partial charge in [0.25, 0.3) is 0 Å². The lowest BCUT2D eigenvalue weighted by molar-refractivity contribution is -0.119. The van der Waals surface area contributed by atoms with E-state index in [4.69, 9.17) is 0 Å². The summed E-state index contributed by atoms with van der Waals surface area (Å²) in [5.41, 5.74) is 0.558. The highest BCUT2D eigenvalue weighted by Crippen LogP contribution is 2.13. The van der Waals surface area contributed by atoms with E-state index in [2.05, 4.69) is 0 Å². The number of hydrogen-bond donors (Lipinski definition) is 1. The van der Waals surface area contributed by atoms with Gasteiger partial charge >= 0.3 is 0 Å². The zero-order valence-electron chi connectivity index (χ0n) is 10.8. The molecule has 0 aliphatic carbocycles. The van der Waals surface area contributed by atoms with Crippen molar-refractivity contribution < 1.29 is 9.90 Å². The molecule has 0 fully saturated rings. The summed E-state index contributed by atoms with van der Waals surface area (Å²) < 4.78 is 0. The van der Waals surface area contributed by atoms with Crippen molar-refractivity contribution in [3.8, 4) is 0 Å². The van der Waals surface area contributed by atoms with Crippen LogP contribution in [-0.2, 0) is 11.2 Å². The summed E-state index contributed by atoms with van der Waals surface area (Å²) in [5.74, 6) is 0.290. The zero-order chi connectivity index (χ0) is 12.7. The second-order valence-corrected chi connectivity index (χ2v) is 5.19. The van der Waals surface area contributed by atoms with Crippen LogP contribution in [0, 0.1) is 0 Å². The number of Topliss-reactive ketones (excluding diaryl/α,β-unsaturated/α-hetero) is 1. The van der Waals surface area contributed by atoms with Crippen molar-refractivity contribution >= 4 is 5.78 Å². The number of benzene rings is 1. The van der Waals surface area contributed by atoms with E-state index in [0.29, 0.717) is 19.3 Å². The molecule has 94 valence electrons. The van der Waals surface area contributed by atoms with Gasteiger partial charge in [-0.1, -0.05) is 30.3 Å². The van der Waals surface area contributed by atoms with Crippen molar-refractivity contribution in [2.45, 2.75) is 51.6 Å². The van der Waals surface area contributed by atoms with Crippen LogP contribution >= 0.6 is 0 Å². The Morgan fingerprint density at radius 1 is 1.18 bits per heavy atom. The molecule has 1 aromatic rings. The lowest BCUT2D eigenvalue weighted by Gasteiger charge is -2.15.